The molecule has 1 N–H and O–H groups in total. The number of fused-ring (bicyclic) bond motifs is 6. The van der Waals surface area contributed by atoms with Crippen LogP contribution in [0.2, 0.25) is 10.0 Å². The van der Waals surface area contributed by atoms with Crippen LogP contribution < -0.4 is 9.47 Å². The number of benzene rings is 6. The Morgan fingerprint density at radius 1 is 0.745 bits per heavy atom. The zero-order chi connectivity index (χ0) is 35.4. The van der Waals surface area contributed by atoms with Crippen LogP contribution in [0.4, 0.5) is 0 Å². The third-order valence-corrected chi connectivity index (χ3v) is 11.9. The third-order valence-electron chi connectivity index (χ3n) is 9.54. The van der Waals surface area contributed by atoms with Crippen LogP contribution in [0.1, 0.15) is 52.8 Å². The first-order valence-electron chi connectivity index (χ1n) is 16.5. The average Bonchev–Trinajstić information content (AvgIpc) is 3.53. The predicted octanol–water partition coefficient (Wildman–Crippen LogP) is 11.0. The van der Waals surface area contributed by atoms with Crippen molar-refractivity contribution in [2.75, 3.05) is 0 Å². The first-order valence-corrected chi connectivity index (χ1v) is 18.1. The van der Waals surface area contributed by atoms with E-state index in [0.717, 1.165) is 27.8 Å². The summed E-state index contributed by atoms with van der Waals surface area (Å²) in [4.78, 5) is 14.5. The van der Waals surface area contributed by atoms with E-state index in [1.165, 1.54) is 17.8 Å². The fraction of sp³-hybridized carbons (Fsp3) is 0.140. The highest BCUT2D eigenvalue weighted by Crippen LogP contribution is 2.61. The van der Waals surface area contributed by atoms with Crippen molar-refractivity contribution in [1.82, 2.24) is 0 Å². The fourth-order valence-corrected chi connectivity index (χ4v) is 9.44. The molecule has 2 aliphatic heterocycles. The van der Waals surface area contributed by atoms with Crippen LogP contribution in [0, 0.1) is 0 Å². The number of thioether (sulfide) groups is 1. The lowest BCUT2D eigenvalue weighted by Gasteiger charge is -2.40. The first-order chi connectivity index (χ1) is 24.6. The van der Waals surface area contributed by atoms with E-state index in [9.17, 15) is 9.90 Å². The molecule has 0 amide bonds. The molecule has 0 aromatic heterocycles. The van der Waals surface area contributed by atoms with E-state index >= 15 is 0 Å². The molecule has 5 nitrogen and oxygen atoms in total. The van der Waals surface area contributed by atoms with Crippen molar-refractivity contribution in [3.63, 3.8) is 0 Å². The molecule has 6 aromatic rings. The summed E-state index contributed by atoms with van der Waals surface area (Å²) >= 11 is 15.6. The molecule has 6 aromatic carbocycles. The minimum absolute atomic E-state index is 0.0212. The highest BCUT2D eigenvalue weighted by atomic mass is 35.5. The van der Waals surface area contributed by atoms with Crippen molar-refractivity contribution >= 4 is 40.9 Å². The van der Waals surface area contributed by atoms with Crippen molar-refractivity contribution in [3.8, 4) is 23.0 Å². The van der Waals surface area contributed by atoms with E-state index in [1.54, 1.807) is 18.2 Å². The Labute approximate surface area is 310 Å². The van der Waals surface area contributed by atoms with Gasteiger partial charge in [0.2, 0.25) is 0 Å². The molecule has 8 heteroatoms. The van der Waals surface area contributed by atoms with Crippen molar-refractivity contribution in [2.24, 2.45) is 0 Å². The number of esters is 1. The zero-order valence-electron chi connectivity index (χ0n) is 27.7. The molecular formula is C43H32Cl2O5S. The van der Waals surface area contributed by atoms with Gasteiger partial charge in [0.15, 0.2) is 17.1 Å². The number of carbonyl (C=O) groups excluding carboxylic acids is 1. The van der Waals surface area contributed by atoms with E-state index in [1.807, 2.05) is 92.7 Å². The Hall–Kier alpha value is -4.72. The molecule has 0 saturated heterocycles. The van der Waals surface area contributed by atoms with Crippen LogP contribution >= 0.6 is 35.0 Å². The van der Waals surface area contributed by atoms with Gasteiger partial charge in [0.25, 0.3) is 0 Å². The first kappa shape index (κ1) is 33.4. The Morgan fingerprint density at radius 2 is 1.31 bits per heavy atom. The molecule has 1 spiro atoms. The molecule has 2 aliphatic rings. The van der Waals surface area contributed by atoms with E-state index < -0.39 is 21.1 Å². The number of halogens is 2. The second kappa shape index (κ2) is 12.8. The highest BCUT2D eigenvalue weighted by molar-refractivity contribution is 8.02. The summed E-state index contributed by atoms with van der Waals surface area (Å²) in [6.45, 7) is 4.04. The molecule has 8 rings (SSSR count). The molecule has 0 aliphatic carbocycles. The van der Waals surface area contributed by atoms with Gasteiger partial charge in [-0.25, -0.2) is 0 Å². The van der Waals surface area contributed by atoms with Gasteiger partial charge in [-0.2, -0.15) is 0 Å². The summed E-state index contributed by atoms with van der Waals surface area (Å²) in [5.41, 5.74) is 5.11. The maximum absolute atomic E-state index is 14.5. The van der Waals surface area contributed by atoms with E-state index in [4.69, 9.17) is 37.4 Å². The fourth-order valence-electron chi connectivity index (χ4n) is 7.21. The number of aromatic hydroxyl groups is 1. The summed E-state index contributed by atoms with van der Waals surface area (Å²) in [6.07, 6.45) is 0. The van der Waals surface area contributed by atoms with Crippen LogP contribution in [0.25, 0.3) is 0 Å². The Bertz CT molecular complexity index is 2180. The Balaban J connectivity index is 1.22. The van der Waals surface area contributed by atoms with Gasteiger partial charge in [-0.05, 0) is 59.9 Å². The Kier molecular flexibility index (Phi) is 8.39. The molecule has 1 unspecified atom stereocenters. The molecule has 51 heavy (non-hydrogen) atoms. The smallest absolute Gasteiger partial charge is 0.327 e. The van der Waals surface area contributed by atoms with Crippen LogP contribution in [0.3, 0.4) is 0 Å². The molecule has 2 heterocycles. The largest absolute Gasteiger partial charge is 0.508 e. The summed E-state index contributed by atoms with van der Waals surface area (Å²) in [7, 11) is 0. The monoisotopic (exact) mass is 730 g/mol. The Morgan fingerprint density at radius 3 is 1.92 bits per heavy atom. The maximum atomic E-state index is 14.5. The normalized spacial score (nSPS) is 16.2. The molecular weight excluding hydrogens is 699 g/mol. The number of hydrogen-bond donors (Lipinski definition) is 1. The van der Waals surface area contributed by atoms with Crippen molar-refractivity contribution in [2.45, 2.75) is 35.5 Å². The SMILES string of the molecule is CC(C)(SC(c1ccccc1)(c1ccccc1)c1ccccc1)C(=O)Oc1c(Cl)cc2c(c1Cl)Oc1cc(O)ccc1C21OCc2ccccc21. The zero-order valence-corrected chi connectivity index (χ0v) is 30.1. The van der Waals surface area contributed by atoms with Crippen LogP contribution in [0.5, 0.6) is 23.0 Å². The summed E-state index contributed by atoms with van der Waals surface area (Å²) in [5, 5.41) is 10.6. The summed E-state index contributed by atoms with van der Waals surface area (Å²) in [5.74, 6) is 0.0548. The minimum Gasteiger partial charge on any atom is -0.508 e. The highest BCUT2D eigenvalue weighted by Gasteiger charge is 2.51. The van der Waals surface area contributed by atoms with E-state index in [-0.39, 0.29) is 27.3 Å². The molecule has 0 fully saturated rings. The van der Waals surface area contributed by atoms with Crippen molar-refractivity contribution < 1.29 is 24.1 Å². The number of phenols is 1. The number of carbonyl (C=O) groups is 1. The van der Waals surface area contributed by atoms with E-state index in [0.29, 0.717) is 23.5 Å². The van der Waals surface area contributed by atoms with Gasteiger partial charge < -0.3 is 19.3 Å². The molecule has 0 radical (unpaired) electrons. The number of phenolic OH excluding ortho intramolecular Hbond substituents is 1. The average molecular weight is 732 g/mol. The standard InChI is InChI=1S/C43H32Cl2O5S/c1-41(2,51-43(28-15-6-3-7-16-28,29-17-8-4-9-18-29)30-19-10-5-11-20-30)40(47)50-39-35(44)25-34-38(37(39)45)49-36-24-31(46)22-23-33(36)42(34)32-21-13-12-14-27(32)26-48-42/h3-25,46H,26H2,1-2H3. The predicted molar refractivity (Wildman–Crippen MR) is 202 cm³/mol. The lowest BCUT2D eigenvalue weighted by Crippen LogP contribution is -2.39. The lowest BCUT2D eigenvalue weighted by atomic mass is 9.77. The van der Waals surface area contributed by atoms with Gasteiger partial charge in [-0.3, -0.25) is 4.79 Å². The van der Waals surface area contributed by atoms with Gasteiger partial charge in [0.05, 0.1) is 16.4 Å². The number of ether oxygens (including phenoxy) is 3. The van der Waals surface area contributed by atoms with E-state index in [2.05, 4.69) is 36.4 Å². The number of hydrogen-bond acceptors (Lipinski definition) is 6. The summed E-state index contributed by atoms with van der Waals surface area (Å²) < 4.78 is 17.3. The topological polar surface area (TPSA) is 65.0 Å². The third kappa shape index (κ3) is 5.40. The molecule has 0 saturated carbocycles. The second-order valence-electron chi connectivity index (χ2n) is 13.1. The molecule has 254 valence electrons. The van der Waals surface area contributed by atoms with Crippen molar-refractivity contribution in [3.05, 3.63) is 189 Å². The van der Waals surface area contributed by atoms with Crippen molar-refractivity contribution in [1.29, 1.82) is 0 Å². The van der Waals surface area contributed by atoms with Crippen LogP contribution in [-0.2, 0) is 26.5 Å². The lowest BCUT2D eigenvalue weighted by molar-refractivity contribution is -0.136. The molecule has 0 bridgehead atoms. The van der Waals surface area contributed by atoms with Gasteiger partial charge in [-0.1, -0.05) is 138 Å². The second-order valence-corrected chi connectivity index (χ2v) is 15.7. The van der Waals surface area contributed by atoms with Gasteiger partial charge >= 0.3 is 5.97 Å². The van der Waals surface area contributed by atoms with Gasteiger partial charge in [0.1, 0.15) is 21.3 Å². The van der Waals surface area contributed by atoms with Gasteiger partial charge in [0, 0.05) is 17.2 Å². The molecule has 1 atom stereocenters. The maximum Gasteiger partial charge on any atom is 0.327 e. The van der Waals surface area contributed by atoms with Crippen LogP contribution in [0.15, 0.2) is 140 Å². The minimum atomic E-state index is -1.14. The van der Waals surface area contributed by atoms with Crippen LogP contribution in [-0.4, -0.2) is 15.8 Å². The van der Waals surface area contributed by atoms with Gasteiger partial charge in [-0.15, -0.1) is 11.8 Å². The number of rotatable bonds is 7. The summed E-state index contributed by atoms with van der Waals surface area (Å²) in [6, 6.07) is 45.0. The quantitative estimate of drug-likeness (QED) is 0.100.